The summed E-state index contributed by atoms with van der Waals surface area (Å²) in [5, 5.41) is 5.05. The Bertz CT molecular complexity index is 842. The van der Waals surface area contributed by atoms with E-state index in [1.54, 1.807) is 0 Å². The van der Waals surface area contributed by atoms with Crippen LogP contribution in [0, 0.1) is 17.7 Å². The Morgan fingerprint density at radius 1 is 1.29 bits per heavy atom. The average molecular weight is 333 g/mol. The minimum Gasteiger partial charge on any atom is -0.469 e. The monoisotopic (exact) mass is 333 g/mol. The lowest BCUT2D eigenvalue weighted by molar-refractivity contribution is -0.154. The minimum absolute atomic E-state index is 0.159. The van der Waals surface area contributed by atoms with Gasteiger partial charge >= 0.3 is 5.97 Å². The highest BCUT2D eigenvalue weighted by molar-refractivity contribution is 5.96. The summed E-state index contributed by atoms with van der Waals surface area (Å²) in [6.07, 6.45) is 2.62. The molecule has 24 heavy (non-hydrogen) atoms. The summed E-state index contributed by atoms with van der Waals surface area (Å²) >= 11 is 0. The number of aromatic nitrogens is 2. The molecule has 3 rings (SSSR count). The Hall–Kier alpha value is -2.90. The third-order valence-electron chi connectivity index (χ3n) is 4.20. The van der Waals surface area contributed by atoms with Gasteiger partial charge in [0.2, 0.25) is 5.91 Å². The van der Waals surface area contributed by atoms with Crippen LogP contribution in [0.3, 0.4) is 0 Å². The number of halogens is 1. The molecule has 7 nitrogen and oxygen atoms in total. The maximum atomic E-state index is 14.2. The number of carbonyl (C=O) groups excluding carboxylic acids is 2. The normalized spacial score (nSPS) is 19.4. The van der Waals surface area contributed by atoms with E-state index in [2.05, 4.69) is 15.2 Å². The smallest absolute Gasteiger partial charge is 0.309 e. The summed E-state index contributed by atoms with van der Waals surface area (Å²) in [5.74, 6) is -2.24. The Labute approximate surface area is 136 Å². The molecule has 0 bridgehead atoms. The molecular weight excluding hydrogens is 317 g/mol. The summed E-state index contributed by atoms with van der Waals surface area (Å²) in [6, 6.07) is 5.41. The van der Waals surface area contributed by atoms with Crippen molar-refractivity contribution in [2.24, 2.45) is 11.8 Å². The lowest BCUT2D eigenvalue weighted by Gasteiger charge is -2.32. The molecular formula is C16H16FN3O4. The molecule has 1 heterocycles. The lowest BCUT2D eigenvalue weighted by Crippen LogP contribution is -2.41. The maximum absolute atomic E-state index is 14.2. The number of esters is 1. The standard InChI is InChI=1S/C16H16FN3O4/c1-24-16(23)11-4-3-10(11)15(22)18-9-2-5-13(12(17)8-9)20-7-6-14(21)19-20/h2,5-8,10-11H,3-4H2,1H3,(H,18,22)(H,19,21)/t10-,11+/m0/s1. The number of aromatic amines is 1. The molecule has 1 fully saturated rings. The fraction of sp³-hybridized carbons (Fsp3) is 0.312. The van der Waals surface area contributed by atoms with Crippen molar-refractivity contribution in [3.05, 3.63) is 46.6 Å². The first kappa shape index (κ1) is 16.0. The molecule has 1 saturated carbocycles. The fourth-order valence-electron chi connectivity index (χ4n) is 2.74. The third kappa shape index (κ3) is 2.94. The van der Waals surface area contributed by atoms with Gasteiger partial charge in [0.25, 0.3) is 5.56 Å². The molecule has 1 amide bonds. The Balaban J connectivity index is 1.72. The SMILES string of the molecule is COC(=O)[C@@H]1CC[C@@H]1C(=O)Nc1ccc(-n2ccc(=O)[nH]2)c(F)c1. The van der Waals surface area contributed by atoms with Crippen molar-refractivity contribution in [3.63, 3.8) is 0 Å². The molecule has 1 aliphatic rings. The summed E-state index contributed by atoms with van der Waals surface area (Å²) in [6.45, 7) is 0. The summed E-state index contributed by atoms with van der Waals surface area (Å²) in [5.41, 5.74) is 0.100. The van der Waals surface area contributed by atoms with Crippen LogP contribution in [-0.2, 0) is 14.3 Å². The average Bonchev–Trinajstić information content (AvgIpc) is 2.92. The first-order valence-electron chi connectivity index (χ1n) is 7.46. The number of rotatable bonds is 4. The number of benzene rings is 1. The van der Waals surface area contributed by atoms with Crippen LogP contribution in [0.25, 0.3) is 5.69 Å². The van der Waals surface area contributed by atoms with Gasteiger partial charge in [0, 0.05) is 18.0 Å². The zero-order valence-electron chi connectivity index (χ0n) is 12.9. The van der Waals surface area contributed by atoms with E-state index in [4.69, 9.17) is 0 Å². The van der Waals surface area contributed by atoms with Crippen LogP contribution >= 0.6 is 0 Å². The van der Waals surface area contributed by atoms with Gasteiger partial charge in [-0.2, -0.15) is 0 Å². The highest BCUT2D eigenvalue weighted by atomic mass is 19.1. The number of methoxy groups -OCH3 is 1. The molecule has 1 aromatic carbocycles. The van der Waals surface area contributed by atoms with Gasteiger partial charge in [-0.1, -0.05) is 0 Å². The van der Waals surface area contributed by atoms with Crippen molar-refractivity contribution in [2.75, 3.05) is 12.4 Å². The van der Waals surface area contributed by atoms with E-state index in [1.165, 1.54) is 36.2 Å². The van der Waals surface area contributed by atoms with E-state index in [-0.39, 0.29) is 22.8 Å². The number of ether oxygens (including phenoxy) is 1. The van der Waals surface area contributed by atoms with E-state index in [9.17, 15) is 18.8 Å². The molecule has 2 atom stereocenters. The third-order valence-corrected chi connectivity index (χ3v) is 4.20. The largest absolute Gasteiger partial charge is 0.469 e. The van der Waals surface area contributed by atoms with Crippen molar-refractivity contribution < 1.29 is 18.7 Å². The van der Waals surface area contributed by atoms with Gasteiger partial charge < -0.3 is 10.1 Å². The topological polar surface area (TPSA) is 93.2 Å². The molecule has 2 aromatic rings. The first-order chi connectivity index (χ1) is 11.5. The van der Waals surface area contributed by atoms with E-state index >= 15 is 0 Å². The Morgan fingerprint density at radius 2 is 2.04 bits per heavy atom. The number of hydrogen-bond acceptors (Lipinski definition) is 4. The quantitative estimate of drug-likeness (QED) is 0.828. The maximum Gasteiger partial charge on any atom is 0.309 e. The van der Waals surface area contributed by atoms with Crippen LogP contribution in [0.4, 0.5) is 10.1 Å². The Morgan fingerprint density at radius 3 is 2.58 bits per heavy atom. The van der Waals surface area contributed by atoms with Crippen molar-refractivity contribution in [1.82, 2.24) is 9.78 Å². The van der Waals surface area contributed by atoms with Gasteiger partial charge in [-0.15, -0.1) is 0 Å². The number of H-pyrrole nitrogens is 1. The summed E-state index contributed by atoms with van der Waals surface area (Å²) < 4.78 is 20.1. The van der Waals surface area contributed by atoms with Crippen molar-refractivity contribution in [2.45, 2.75) is 12.8 Å². The van der Waals surface area contributed by atoms with Crippen LogP contribution in [0.1, 0.15) is 12.8 Å². The predicted octanol–water partition coefficient (Wildman–Crippen LogP) is 1.44. The fourth-order valence-corrected chi connectivity index (χ4v) is 2.74. The molecule has 0 saturated heterocycles. The highest BCUT2D eigenvalue weighted by Crippen LogP contribution is 2.36. The van der Waals surface area contributed by atoms with Crippen molar-refractivity contribution >= 4 is 17.6 Å². The second-order valence-corrected chi connectivity index (χ2v) is 5.63. The molecule has 0 spiro atoms. The van der Waals surface area contributed by atoms with E-state index in [0.717, 1.165) is 6.07 Å². The molecule has 1 aliphatic carbocycles. The van der Waals surface area contributed by atoms with E-state index in [1.807, 2.05) is 0 Å². The van der Waals surface area contributed by atoms with Gasteiger partial charge in [-0.3, -0.25) is 24.2 Å². The number of anilines is 1. The Kier molecular flexibility index (Phi) is 4.20. The number of carbonyl (C=O) groups is 2. The first-order valence-corrected chi connectivity index (χ1v) is 7.46. The van der Waals surface area contributed by atoms with Gasteiger partial charge in [0.1, 0.15) is 0 Å². The second-order valence-electron chi connectivity index (χ2n) is 5.63. The molecule has 0 radical (unpaired) electrons. The molecule has 8 heteroatoms. The predicted molar refractivity (Wildman–Crippen MR) is 83.2 cm³/mol. The molecule has 0 unspecified atom stereocenters. The van der Waals surface area contributed by atoms with Crippen LogP contribution < -0.4 is 10.9 Å². The van der Waals surface area contributed by atoms with Crippen LogP contribution in [-0.4, -0.2) is 28.8 Å². The van der Waals surface area contributed by atoms with Gasteiger partial charge in [0.05, 0.1) is 24.6 Å². The van der Waals surface area contributed by atoms with Gasteiger partial charge in [-0.25, -0.2) is 4.39 Å². The number of nitrogens with one attached hydrogen (secondary N) is 2. The van der Waals surface area contributed by atoms with Crippen LogP contribution in [0.2, 0.25) is 0 Å². The van der Waals surface area contributed by atoms with Crippen LogP contribution in [0.15, 0.2) is 35.3 Å². The number of hydrogen-bond donors (Lipinski definition) is 2. The van der Waals surface area contributed by atoms with Crippen molar-refractivity contribution in [1.29, 1.82) is 0 Å². The zero-order chi connectivity index (χ0) is 17.3. The van der Waals surface area contributed by atoms with Gasteiger partial charge in [-0.05, 0) is 31.0 Å². The second kappa shape index (κ2) is 6.31. The van der Waals surface area contributed by atoms with Crippen molar-refractivity contribution in [3.8, 4) is 5.69 Å². The van der Waals surface area contributed by atoms with Gasteiger partial charge in [0.15, 0.2) is 5.82 Å². The summed E-state index contributed by atoms with van der Waals surface area (Å²) in [7, 11) is 1.29. The van der Waals surface area contributed by atoms with Crippen LogP contribution in [0.5, 0.6) is 0 Å². The highest BCUT2D eigenvalue weighted by Gasteiger charge is 2.42. The molecule has 1 aromatic heterocycles. The van der Waals surface area contributed by atoms with E-state index in [0.29, 0.717) is 12.8 Å². The summed E-state index contributed by atoms with van der Waals surface area (Å²) in [4.78, 5) is 34.8. The number of amides is 1. The lowest BCUT2D eigenvalue weighted by atomic mass is 9.73. The molecule has 2 N–H and O–H groups in total. The molecule has 126 valence electrons. The molecule has 0 aliphatic heterocycles. The number of nitrogens with zero attached hydrogens (tertiary/aromatic N) is 1. The van der Waals surface area contributed by atoms with E-state index < -0.39 is 23.6 Å². The zero-order valence-corrected chi connectivity index (χ0v) is 12.9. The minimum atomic E-state index is -0.599.